The molecule has 0 fully saturated rings. The minimum atomic E-state index is -0.953. The van der Waals surface area contributed by atoms with Crippen molar-refractivity contribution in [3.8, 4) is 0 Å². The quantitative estimate of drug-likeness (QED) is 0.779. The maximum atomic E-state index is 10.8. The number of aromatic nitrogens is 2. The van der Waals surface area contributed by atoms with Crippen molar-refractivity contribution in [2.24, 2.45) is 0 Å². The Labute approximate surface area is 109 Å². The maximum absolute atomic E-state index is 10.8. The van der Waals surface area contributed by atoms with Crippen LogP contribution in [0, 0.1) is 0 Å². The summed E-state index contributed by atoms with van der Waals surface area (Å²) >= 11 is 0. The highest BCUT2D eigenvalue weighted by molar-refractivity contribution is 5.87. The molecule has 3 aromatic rings. The van der Waals surface area contributed by atoms with Crippen LogP contribution in [0.4, 0.5) is 0 Å². The van der Waals surface area contributed by atoms with Gasteiger partial charge in [-0.15, -0.1) is 0 Å². The van der Waals surface area contributed by atoms with Crippen LogP contribution in [0.25, 0.3) is 10.9 Å². The SMILES string of the molecule is O=C(O)c1ccc(Cn2ccc3ccccc32)nc1. The zero-order valence-corrected chi connectivity index (χ0v) is 10.2. The molecule has 2 heterocycles. The third-order valence-electron chi connectivity index (χ3n) is 3.08. The number of nitrogens with zero attached hydrogens (tertiary/aromatic N) is 2. The van der Waals surface area contributed by atoms with Crippen LogP contribution < -0.4 is 0 Å². The number of carbonyl (C=O) groups is 1. The van der Waals surface area contributed by atoms with Gasteiger partial charge in [0.05, 0.1) is 17.8 Å². The van der Waals surface area contributed by atoms with E-state index < -0.39 is 5.97 Å². The van der Waals surface area contributed by atoms with E-state index in [0.717, 1.165) is 11.2 Å². The van der Waals surface area contributed by atoms with Crippen molar-refractivity contribution in [3.63, 3.8) is 0 Å². The van der Waals surface area contributed by atoms with Crippen LogP contribution in [-0.2, 0) is 6.54 Å². The normalized spacial score (nSPS) is 10.7. The third kappa shape index (κ3) is 2.20. The highest BCUT2D eigenvalue weighted by Crippen LogP contribution is 2.16. The van der Waals surface area contributed by atoms with Gasteiger partial charge >= 0.3 is 5.97 Å². The number of pyridine rings is 1. The molecule has 0 aliphatic carbocycles. The van der Waals surface area contributed by atoms with Crippen molar-refractivity contribution >= 4 is 16.9 Å². The second-order valence-electron chi connectivity index (χ2n) is 4.35. The second kappa shape index (κ2) is 4.57. The number of hydrogen-bond donors (Lipinski definition) is 1. The number of benzene rings is 1. The van der Waals surface area contributed by atoms with Gasteiger partial charge in [-0.1, -0.05) is 18.2 Å². The van der Waals surface area contributed by atoms with Gasteiger partial charge in [-0.25, -0.2) is 4.79 Å². The number of para-hydroxylation sites is 1. The maximum Gasteiger partial charge on any atom is 0.337 e. The molecular weight excluding hydrogens is 240 g/mol. The molecule has 94 valence electrons. The Kier molecular flexibility index (Phi) is 2.76. The van der Waals surface area contributed by atoms with Gasteiger partial charge in [-0.2, -0.15) is 0 Å². The Morgan fingerprint density at radius 3 is 2.74 bits per heavy atom. The first-order valence-corrected chi connectivity index (χ1v) is 5.96. The van der Waals surface area contributed by atoms with Crippen molar-refractivity contribution in [2.45, 2.75) is 6.54 Å². The van der Waals surface area contributed by atoms with Crippen molar-refractivity contribution in [1.82, 2.24) is 9.55 Å². The van der Waals surface area contributed by atoms with E-state index in [-0.39, 0.29) is 5.56 Å². The Morgan fingerprint density at radius 1 is 1.16 bits per heavy atom. The summed E-state index contributed by atoms with van der Waals surface area (Å²) in [7, 11) is 0. The zero-order valence-electron chi connectivity index (χ0n) is 10.2. The lowest BCUT2D eigenvalue weighted by Crippen LogP contribution is -2.02. The molecule has 1 N–H and O–H groups in total. The highest BCUT2D eigenvalue weighted by Gasteiger charge is 2.05. The zero-order chi connectivity index (χ0) is 13.2. The van der Waals surface area contributed by atoms with E-state index in [1.165, 1.54) is 11.6 Å². The van der Waals surface area contributed by atoms with Crippen molar-refractivity contribution < 1.29 is 9.90 Å². The molecule has 0 saturated heterocycles. The molecule has 4 nitrogen and oxygen atoms in total. The second-order valence-corrected chi connectivity index (χ2v) is 4.35. The van der Waals surface area contributed by atoms with E-state index in [1.54, 1.807) is 12.1 Å². The molecule has 0 atom stereocenters. The fourth-order valence-corrected chi connectivity index (χ4v) is 2.10. The van der Waals surface area contributed by atoms with Crippen LogP contribution in [0.1, 0.15) is 16.1 Å². The van der Waals surface area contributed by atoms with Gasteiger partial charge in [0.2, 0.25) is 0 Å². The van der Waals surface area contributed by atoms with E-state index in [9.17, 15) is 4.79 Å². The van der Waals surface area contributed by atoms with E-state index in [2.05, 4.69) is 27.8 Å². The van der Waals surface area contributed by atoms with E-state index in [0.29, 0.717) is 6.54 Å². The number of carboxylic acids is 1. The van der Waals surface area contributed by atoms with Gasteiger partial charge in [0.25, 0.3) is 0 Å². The first-order chi connectivity index (χ1) is 9.24. The van der Waals surface area contributed by atoms with Crippen LogP contribution in [0.3, 0.4) is 0 Å². The van der Waals surface area contributed by atoms with E-state index >= 15 is 0 Å². The highest BCUT2D eigenvalue weighted by atomic mass is 16.4. The first-order valence-electron chi connectivity index (χ1n) is 5.96. The fraction of sp³-hybridized carbons (Fsp3) is 0.0667. The Balaban J connectivity index is 1.90. The van der Waals surface area contributed by atoms with Crippen LogP contribution in [-0.4, -0.2) is 20.6 Å². The predicted octanol–water partition coefficient (Wildman–Crippen LogP) is 2.78. The van der Waals surface area contributed by atoms with Gasteiger partial charge in [0.15, 0.2) is 0 Å². The van der Waals surface area contributed by atoms with Gasteiger partial charge < -0.3 is 9.67 Å². The fourth-order valence-electron chi connectivity index (χ4n) is 2.10. The molecule has 0 aliphatic rings. The summed E-state index contributed by atoms with van der Waals surface area (Å²) in [6.07, 6.45) is 3.40. The number of carboxylic acid groups (broad SMARTS) is 1. The molecule has 3 rings (SSSR count). The average Bonchev–Trinajstić information content (AvgIpc) is 2.83. The van der Waals surface area contributed by atoms with Crippen LogP contribution in [0.5, 0.6) is 0 Å². The summed E-state index contributed by atoms with van der Waals surface area (Å²) in [5.74, 6) is -0.953. The summed E-state index contributed by atoms with van der Waals surface area (Å²) in [6.45, 7) is 0.632. The van der Waals surface area contributed by atoms with Crippen LogP contribution in [0.2, 0.25) is 0 Å². The molecular formula is C15H12N2O2. The molecule has 4 heteroatoms. The van der Waals surface area contributed by atoms with E-state index in [1.807, 2.05) is 18.3 Å². The molecule has 0 radical (unpaired) electrons. The third-order valence-corrected chi connectivity index (χ3v) is 3.08. The van der Waals surface area contributed by atoms with Gasteiger partial charge in [-0.3, -0.25) is 4.98 Å². The van der Waals surface area contributed by atoms with Gasteiger partial charge in [0, 0.05) is 17.9 Å². The lowest BCUT2D eigenvalue weighted by molar-refractivity contribution is 0.0696. The monoisotopic (exact) mass is 252 g/mol. The smallest absolute Gasteiger partial charge is 0.337 e. The molecule has 0 saturated carbocycles. The molecule has 1 aromatic carbocycles. The molecule has 0 amide bonds. The van der Waals surface area contributed by atoms with Gasteiger partial charge in [0.1, 0.15) is 0 Å². The molecule has 0 spiro atoms. The number of hydrogen-bond acceptors (Lipinski definition) is 2. The van der Waals surface area contributed by atoms with Crippen molar-refractivity contribution in [1.29, 1.82) is 0 Å². The first kappa shape index (κ1) is 11.5. The number of fused-ring (bicyclic) bond motifs is 1. The summed E-state index contributed by atoms with van der Waals surface area (Å²) < 4.78 is 2.10. The lowest BCUT2D eigenvalue weighted by atomic mass is 10.2. The number of rotatable bonds is 3. The molecule has 0 unspecified atom stereocenters. The largest absolute Gasteiger partial charge is 0.478 e. The standard InChI is InChI=1S/C15H12N2O2/c18-15(19)12-5-6-13(16-9-12)10-17-8-7-11-3-1-2-4-14(11)17/h1-9H,10H2,(H,18,19). The van der Waals surface area contributed by atoms with E-state index in [4.69, 9.17) is 5.11 Å². The minimum Gasteiger partial charge on any atom is -0.478 e. The summed E-state index contributed by atoms with van der Waals surface area (Å²) in [6, 6.07) is 13.5. The van der Waals surface area contributed by atoms with Crippen molar-refractivity contribution in [3.05, 3.63) is 66.1 Å². The molecule has 0 bridgehead atoms. The van der Waals surface area contributed by atoms with Crippen molar-refractivity contribution in [2.75, 3.05) is 0 Å². The summed E-state index contributed by atoms with van der Waals surface area (Å²) in [5, 5.41) is 10.0. The minimum absolute atomic E-state index is 0.209. The summed E-state index contributed by atoms with van der Waals surface area (Å²) in [4.78, 5) is 14.9. The van der Waals surface area contributed by atoms with Crippen LogP contribution in [0.15, 0.2) is 54.9 Å². The van der Waals surface area contributed by atoms with Gasteiger partial charge in [-0.05, 0) is 29.7 Å². The Morgan fingerprint density at radius 2 is 2.00 bits per heavy atom. The predicted molar refractivity (Wildman–Crippen MR) is 72.2 cm³/mol. The average molecular weight is 252 g/mol. The molecule has 2 aromatic heterocycles. The van der Waals surface area contributed by atoms with Crippen LogP contribution >= 0.6 is 0 Å². The Bertz CT molecular complexity index is 729. The summed E-state index contributed by atoms with van der Waals surface area (Å²) in [5.41, 5.74) is 2.19. The lowest BCUT2D eigenvalue weighted by Gasteiger charge is -2.05. The molecule has 19 heavy (non-hydrogen) atoms. The topological polar surface area (TPSA) is 55.1 Å². The Hall–Kier alpha value is -2.62. The molecule has 0 aliphatic heterocycles. The number of aromatic carboxylic acids is 1.